The Hall–Kier alpha value is -10.3. The van der Waals surface area contributed by atoms with Crippen LogP contribution in [0.25, 0.3) is 88.1 Å². The third-order valence-corrected chi connectivity index (χ3v) is 21.0. The van der Waals surface area contributed by atoms with Crippen LogP contribution in [0.3, 0.4) is 0 Å². The van der Waals surface area contributed by atoms with Crippen molar-refractivity contribution < 1.29 is 4.42 Å². The molecule has 12 aromatic carbocycles. The zero-order valence-corrected chi connectivity index (χ0v) is 60.4. The number of benzene rings is 12. The fourth-order valence-corrected chi connectivity index (χ4v) is 15.3. The average molecular weight is 1310 g/mol. The van der Waals surface area contributed by atoms with E-state index in [1.165, 1.54) is 54.9 Å². The minimum atomic E-state index is -0.221. The van der Waals surface area contributed by atoms with Crippen molar-refractivity contribution in [3.05, 3.63) is 282 Å². The molecule has 6 nitrogen and oxygen atoms in total. The van der Waals surface area contributed by atoms with E-state index < -0.39 is 0 Å². The Morgan fingerprint density at radius 2 is 0.788 bits per heavy atom. The van der Waals surface area contributed by atoms with Crippen molar-refractivity contribution in [2.75, 3.05) is 14.7 Å². The molecule has 7 heteroatoms. The van der Waals surface area contributed by atoms with Crippen LogP contribution in [0.5, 0.6) is 0 Å². The van der Waals surface area contributed by atoms with E-state index in [0.29, 0.717) is 5.02 Å². The first-order chi connectivity index (χ1) is 47.2. The summed E-state index contributed by atoms with van der Waals surface area (Å²) in [6, 6.07) is 92.4. The van der Waals surface area contributed by atoms with E-state index in [2.05, 4.69) is 370 Å². The Balaban J connectivity index is 1.01. The standard InChI is InChI=1S/C92H86ClN5O/c1-88(2,3)58-38-44-76-72(48-58)73-49-59(89(4,5)6)39-45-77(73)96(76)67-31-24-30-66(54-67)95(65-42-36-57(37-43-65)69-33-25-34-71-70-32-22-23-35-84(70)99-87(69)71)81-55-68(94(63-26-18-16-19-27-63)64-28-20-17-21-29-64)56-82(85(81)93)97-79-47-41-61(91(10,11)12)52-80(79)98-78-46-40-60(90(7,8)9)50-74(78)75-51-62(92(13,14)15)53-83(97)86(75)98/h16-56H,1-15H3. The lowest BCUT2D eigenvalue weighted by molar-refractivity contribution is 0.589. The quantitative estimate of drug-likeness (QED) is 0.144. The van der Waals surface area contributed by atoms with Crippen LogP contribution in [-0.4, -0.2) is 9.13 Å². The number of hydrogen-bond donors (Lipinski definition) is 0. The number of rotatable bonds is 9. The van der Waals surface area contributed by atoms with Gasteiger partial charge in [0.2, 0.25) is 0 Å². The monoisotopic (exact) mass is 1310 g/mol. The summed E-state index contributed by atoms with van der Waals surface area (Å²) in [5.41, 5.74) is 24.9. The third-order valence-electron chi connectivity index (χ3n) is 20.6. The van der Waals surface area contributed by atoms with Gasteiger partial charge in [-0.1, -0.05) is 231 Å². The topological polar surface area (TPSA) is 32.7 Å². The number of para-hydroxylation sites is 4. The van der Waals surface area contributed by atoms with Crippen molar-refractivity contribution in [3.63, 3.8) is 0 Å². The summed E-state index contributed by atoms with van der Waals surface area (Å²) in [6.07, 6.45) is 0. The predicted molar refractivity (Wildman–Crippen MR) is 424 cm³/mol. The highest BCUT2D eigenvalue weighted by atomic mass is 35.5. The molecule has 0 fully saturated rings. The van der Waals surface area contributed by atoms with Gasteiger partial charge < -0.3 is 28.3 Å². The number of furan rings is 1. The van der Waals surface area contributed by atoms with Crippen LogP contribution in [0.2, 0.25) is 5.02 Å². The molecule has 0 aliphatic carbocycles. The number of fused-ring (bicyclic) bond motifs is 11. The molecule has 0 unspecified atom stereocenters. The smallest absolute Gasteiger partial charge is 0.143 e. The van der Waals surface area contributed by atoms with Gasteiger partial charge >= 0.3 is 0 Å². The number of halogens is 1. The van der Waals surface area contributed by atoms with Crippen molar-refractivity contribution in [3.8, 4) is 22.5 Å². The Bertz CT molecular complexity index is 5600. The summed E-state index contributed by atoms with van der Waals surface area (Å²) in [5.74, 6) is 0. The number of hydrogen-bond acceptors (Lipinski definition) is 4. The second kappa shape index (κ2) is 22.9. The fraction of sp³-hybridized carbons (Fsp3) is 0.217. The average Bonchev–Trinajstić information content (AvgIpc) is 1.64. The van der Waals surface area contributed by atoms with Crippen LogP contribution in [0.4, 0.5) is 51.2 Å². The third kappa shape index (κ3) is 10.8. The second-order valence-corrected chi connectivity index (χ2v) is 32.9. The Kier molecular flexibility index (Phi) is 14.7. The molecule has 3 aromatic heterocycles. The molecule has 15 aromatic rings. The molecule has 16 rings (SSSR count). The van der Waals surface area contributed by atoms with Gasteiger partial charge in [-0.2, -0.15) is 0 Å². The Labute approximate surface area is 587 Å². The van der Waals surface area contributed by atoms with E-state index in [0.717, 1.165) is 112 Å². The van der Waals surface area contributed by atoms with Gasteiger partial charge in [0.25, 0.3) is 0 Å². The van der Waals surface area contributed by atoms with Gasteiger partial charge in [0, 0.05) is 66.3 Å². The lowest BCUT2D eigenvalue weighted by Crippen LogP contribution is -2.23. The van der Waals surface area contributed by atoms with E-state index in [1.54, 1.807) is 0 Å². The van der Waals surface area contributed by atoms with Gasteiger partial charge in [0.05, 0.1) is 61.2 Å². The second-order valence-electron chi connectivity index (χ2n) is 32.5. The SMILES string of the molecule is CC(C)(C)c1ccc2c(c1)-n1c3ccc(C(C)(C)C)cc3c3cc(C(C)(C)C)cc(c31)N2c1cc(N(c2ccccc2)c2ccccc2)cc(N(c2ccc(-c3cccc4c3oc3ccccc34)cc2)c2cccc(-n3c4ccc(C(C)(C)C)cc4c4cc(C(C)(C)C)ccc43)c2)c1Cl. The first kappa shape index (κ1) is 63.5. The van der Waals surface area contributed by atoms with Crippen LogP contribution in [0.15, 0.2) is 253 Å². The molecule has 0 radical (unpaired) electrons. The molecular formula is C92H86ClN5O. The maximum Gasteiger partial charge on any atom is 0.143 e. The minimum absolute atomic E-state index is 0.0519. The van der Waals surface area contributed by atoms with Crippen molar-refractivity contribution in [1.82, 2.24) is 9.13 Å². The van der Waals surface area contributed by atoms with Crippen molar-refractivity contribution in [2.24, 2.45) is 0 Å². The summed E-state index contributed by atoms with van der Waals surface area (Å²) in [6.45, 7) is 34.7. The van der Waals surface area contributed by atoms with Crippen molar-refractivity contribution in [1.29, 1.82) is 0 Å². The zero-order valence-electron chi connectivity index (χ0n) is 59.7. The van der Waals surface area contributed by atoms with Crippen LogP contribution < -0.4 is 14.7 Å². The van der Waals surface area contributed by atoms with Crippen LogP contribution in [-0.2, 0) is 27.1 Å². The molecule has 0 N–H and O–H groups in total. The molecule has 99 heavy (non-hydrogen) atoms. The molecule has 1 aliphatic rings. The van der Waals surface area contributed by atoms with Crippen LogP contribution in [0, 0.1) is 0 Å². The molecule has 492 valence electrons. The summed E-state index contributed by atoms with van der Waals surface area (Å²) >= 11 is 8.82. The van der Waals surface area contributed by atoms with Crippen LogP contribution in [0.1, 0.15) is 132 Å². The molecule has 0 amide bonds. The summed E-state index contributed by atoms with van der Waals surface area (Å²) in [7, 11) is 0. The number of anilines is 9. The van der Waals surface area contributed by atoms with Gasteiger partial charge in [-0.15, -0.1) is 0 Å². The highest BCUT2D eigenvalue weighted by Crippen LogP contribution is 2.57. The summed E-state index contributed by atoms with van der Waals surface area (Å²) in [5, 5.41) is 7.69. The predicted octanol–water partition coefficient (Wildman–Crippen LogP) is 27.3. The lowest BCUT2D eigenvalue weighted by Gasteiger charge is -2.38. The highest BCUT2D eigenvalue weighted by molar-refractivity contribution is 6.37. The molecule has 4 heterocycles. The van der Waals surface area contributed by atoms with Gasteiger partial charge in [-0.05, 0) is 194 Å². The van der Waals surface area contributed by atoms with Gasteiger partial charge in [0.15, 0.2) is 0 Å². The molecule has 1 aliphatic heterocycles. The van der Waals surface area contributed by atoms with Crippen molar-refractivity contribution >= 4 is 128 Å². The number of nitrogens with zero attached hydrogens (tertiary/aromatic N) is 5. The fourth-order valence-electron chi connectivity index (χ4n) is 15.0. The maximum atomic E-state index is 8.82. The van der Waals surface area contributed by atoms with E-state index in [4.69, 9.17) is 16.0 Å². The largest absolute Gasteiger partial charge is 0.455 e. The molecule has 0 spiro atoms. The maximum absolute atomic E-state index is 8.82. The molecule has 0 bridgehead atoms. The normalized spacial score (nSPS) is 13.0. The first-order valence-electron chi connectivity index (χ1n) is 35.0. The van der Waals surface area contributed by atoms with Gasteiger partial charge in [-0.3, -0.25) is 0 Å². The zero-order chi connectivity index (χ0) is 69.0. The molecule has 0 saturated heterocycles. The minimum Gasteiger partial charge on any atom is -0.455 e. The van der Waals surface area contributed by atoms with Gasteiger partial charge in [0.1, 0.15) is 11.2 Å². The van der Waals surface area contributed by atoms with E-state index in [-0.39, 0.29) is 27.1 Å². The molecule has 0 atom stereocenters. The highest BCUT2D eigenvalue weighted by Gasteiger charge is 2.36. The number of aromatic nitrogens is 2. The Morgan fingerprint density at radius 3 is 1.37 bits per heavy atom. The van der Waals surface area contributed by atoms with E-state index >= 15 is 0 Å². The lowest BCUT2D eigenvalue weighted by atomic mass is 9.84. The summed E-state index contributed by atoms with van der Waals surface area (Å²) < 4.78 is 11.7. The molecular weight excluding hydrogens is 1230 g/mol. The van der Waals surface area contributed by atoms with E-state index in [9.17, 15) is 0 Å². The van der Waals surface area contributed by atoms with E-state index in [1.807, 2.05) is 6.07 Å². The van der Waals surface area contributed by atoms with Crippen molar-refractivity contribution in [2.45, 2.75) is 131 Å². The van der Waals surface area contributed by atoms with Gasteiger partial charge in [-0.25, -0.2) is 0 Å². The summed E-state index contributed by atoms with van der Waals surface area (Å²) in [4.78, 5) is 7.26. The molecule has 0 saturated carbocycles. The Morgan fingerprint density at radius 1 is 0.313 bits per heavy atom. The first-order valence-corrected chi connectivity index (χ1v) is 35.4. The van der Waals surface area contributed by atoms with Crippen LogP contribution >= 0.6 is 11.6 Å².